The molecule has 0 radical (unpaired) electrons. The molecule has 14 heavy (non-hydrogen) atoms. The van der Waals surface area contributed by atoms with Gasteiger partial charge in [-0.15, -0.1) is 0 Å². The second kappa shape index (κ2) is 4.21. The average molecular weight is 275 g/mol. The number of nitrogens with two attached hydrogens (primary N) is 1. The molecular weight excluding hydrogens is 261 g/mol. The van der Waals surface area contributed by atoms with Gasteiger partial charge in [-0.2, -0.15) is 0 Å². The zero-order valence-corrected chi connectivity index (χ0v) is 10.2. The van der Waals surface area contributed by atoms with Crippen LogP contribution in [0.4, 0.5) is 0 Å². The zero-order valence-electron chi connectivity index (χ0n) is 7.84. The van der Waals surface area contributed by atoms with E-state index in [9.17, 15) is 0 Å². The lowest BCUT2D eigenvalue weighted by Crippen LogP contribution is -2.26. The maximum Gasteiger partial charge on any atom is 0.0420 e. The first-order valence-corrected chi connectivity index (χ1v) is 6.05. The maximum atomic E-state index is 6.16. The molecule has 3 heteroatoms. The molecule has 0 aliphatic heterocycles. The average Bonchev–Trinajstić information content (AvgIpc) is 1.98. The van der Waals surface area contributed by atoms with Crippen molar-refractivity contribution in [3.05, 3.63) is 33.3 Å². The van der Waals surface area contributed by atoms with E-state index in [-0.39, 0.29) is 6.04 Å². The smallest absolute Gasteiger partial charge is 0.0420 e. The summed E-state index contributed by atoms with van der Waals surface area (Å²) in [6.07, 6.45) is 3.83. The van der Waals surface area contributed by atoms with Gasteiger partial charge in [-0.05, 0) is 42.5 Å². The molecule has 1 aromatic rings. The van der Waals surface area contributed by atoms with Gasteiger partial charge in [-0.25, -0.2) is 0 Å². The minimum Gasteiger partial charge on any atom is -0.324 e. The van der Waals surface area contributed by atoms with Crippen LogP contribution < -0.4 is 5.73 Å². The molecule has 2 N–H and O–H groups in total. The van der Waals surface area contributed by atoms with Crippen LogP contribution in [-0.2, 0) is 0 Å². The number of halogens is 2. The third-order valence-electron chi connectivity index (χ3n) is 2.93. The third-order valence-corrected chi connectivity index (χ3v) is 3.60. The summed E-state index contributed by atoms with van der Waals surface area (Å²) in [5, 5.41) is 0.754. The molecule has 1 nitrogen and oxygen atoms in total. The Kier molecular flexibility index (Phi) is 3.15. The Bertz CT molecular complexity index is 316. The van der Waals surface area contributed by atoms with Crippen molar-refractivity contribution in [3.8, 4) is 0 Å². The first kappa shape index (κ1) is 10.5. The van der Waals surface area contributed by atoms with Crippen LogP contribution in [0.1, 0.15) is 30.9 Å². The van der Waals surface area contributed by atoms with Gasteiger partial charge in [0.25, 0.3) is 0 Å². The van der Waals surface area contributed by atoms with Crippen molar-refractivity contribution >= 4 is 27.5 Å². The van der Waals surface area contributed by atoms with E-state index in [4.69, 9.17) is 17.3 Å². The predicted octanol–water partition coefficient (Wildman–Crippen LogP) is 3.90. The molecule has 0 heterocycles. The van der Waals surface area contributed by atoms with E-state index in [1.807, 2.05) is 12.1 Å². The quantitative estimate of drug-likeness (QED) is 0.869. The van der Waals surface area contributed by atoms with Crippen LogP contribution in [-0.4, -0.2) is 0 Å². The number of hydrogen-bond donors (Lipinski definition) is 1. The maximum absolute atomic E-state index is 6.16. The predicted molar refractivity (Wildman–Crippen MR) is 63.4 cm³/mol. The molecule has 1 aliphatic carbocycles. The highest BCUT2D eigenvalue weighted by Crippen LogP contribution is 2.37. The Morgan fingerprint density at radius 1 is 1.36 bits per heavy atom. The van der Waals surface area contributed by atoms with Crippen LogP contribution in [0.25, 0.3) is 0 Å². The summed E-state index contributed by atoms with van der Waals surface area (Å²) in [6.45, 7) is 0. The van der Waals surface area contributed by atoms with Gasteiger partial charge in [0.2, 0.25) is 0 Å². The van der Waals surface area contributed by atoms with Crippen LogP contribution in [0.5, 0.6) is 0 Å². The SMILES string of the molecule is N[C@H](c1cc(Cl)cc(Br)c1)C1CCC1. The summed E-state index contributed by atoms with van der Waals surface area (Å²) in [4.78, 5) is 0. The van der Waals surface area contributed by atoms with E-state index in [1.54, 1.807) is 0 Å². The Labute approximate surface area is 97.8 Å². The van der Waals surface area contributed by atoms with E-state index in [0.717, 1.165) is 15.1 Å². The Morgan fingerprint density at radius 2 is 2.07 bits per heavy atom. The van der Waals surface area contributed by atoms with Gasteiger partial charge in [0.1, 0.15) is 0 Å². The lowest BCUT2D eigenvalue weighted by molar-refractivity contribution is 0.264. The number of rotatable bonds is 2. The van der Waals surface area contributed by atoms with E-state index in [1.165, 1.54) is 19.3 Å². The highest BCUT2D eigenvalue weighted by Gasteiger charge is 2.25. The van der Waals surface area contributed by atoms with Crippen LogP contribution in [0.3, 0.4) is 0 Å². The van der Waals surface area contributed by atoms with Gasteiger partial charge in [-0.1, -0.05) is 34.0 Å². The molecular formula is C11H13BrClN. The fourth-order valence-electron chi connectivity index (χ4n) is 1.84. The van der Waals surface area contributed by atoms with Crippen molar-refractivity contribution in [2.75, 3.05) is 0 Å². The lowest BCUT2D eigenvalue weighted by Gasteiger charge is -2.31. The first-order valence-electron chi connectivity index (χ1n) is 4.88. The highest BCUT2D eigenvalue weighted by atomic mass is 79.9. The van der Waals surface area contributed by atoms with Crippen molar-refractivity contribution in [1.29, 1.82) is 0 Å². The second-order valence-corrected chi connectivity index (χ2v) is 5.27. The molecule has 0 saturated heterocycles. The molecule has 0 bridgehead atoms. The highest BCUT2D eigenvalue weighted by molar-refractivity contribution is 9.10. The second-order valence-electron chi connectivity index (χ2n) is 3.92. The number of hydrogen-bond acceptors (Lipinski definition) is 1. The van der Waals surface area contributed by atoms with Gasteiger partial charge in [-0.3, -0.25) is 0 Å². The molecule has 0 amide bonds. The fourth-order valence-corrected chi connectivity index (χ4v) is 2.73. The molecule has 76 valence electrons. The lowest BCUT2D eigenvalue weighted by atomic mass is 9.78. The van der Waals surface area contributed by atoms with E-state index in [0.29, 0.717) is 5.92 Å². The Balaban J connectivity index is 2.21. The van der Waals surface area contributed by atoms with Crippen molar-refractivity contribution in [1.82, 2.24) is 0 Å². The standard InChI is InChI=1S/C11H13BrClN/c12-9-4-8(5-10(13)6-9)11(14)7-2-1-3-7/h4-7,11H,1-3,14H2/t11-/m0/s1. The van der Waals surface area contributed by atoms with Crippen molar-refractivity contribution < 1.29 is 0 Å². The van der Waals surface area contributed by atoms with Crippen LogP contribution >= 0.6 is 27.5 Å². The van der Waals surface area contributed by atoms with E-state index >= 15 is 0 Å². The molecule has 1 saturated carbocycles. The summed E-state index contributed by atoms with van der Waals surface area (Å²) < 4.78 is 1.01. The topological polar surface area (TPSA) is 26.0 Å². The Morgan fingerprint density at radius 3 is 2.57 bits per heavy atom. The van der Waals surface area contributed by atoms with Crippen molar-refractivity contribution in [3.63, 3.8) is 0 Å². The molecule has 1 aliphatic rings. The van der Waals surface area contributed by atoms with E-state index < -0.39 is 0 Å². The Hall–Kier alpha value is -0.0500. The number of benzene rings is 1. The van der Waals surface area contributed by atoms with Crippen LogP contribution in [0.2, 0.25) is 5.02 Å². The summed E-state index contributed by atoms with van der Waals surface area (Å²) in [6, 6.07) is 6.07. The molecule has 1 aromatic carbocycles. The minimum absolute atomic E-state index is 0.152. The minimum atomic E-state index is 0.152. The van der Waals surface area contributed by atoms with Crippen LogP contribution in [0, 0.1) is 5.92 Å². The molecule has 2 rings (SSSR count). The first-order chi connectivity index (χ1) is 6.66. The molecule has 0 unspecified atom stereocenters. The summed E-state index contributed by atoms with van der Waals surface area (Å²) in [5.74, 6) is 0.653. The van der Waals surface area contributed by atoms with Gasteiger partial charge in [0.15, 0.2) is 0 Å². The van der Waals surface area contributed by atoms with Gasteiger partial charge >= 0.3 is 0 Å². The largest absolute Gasteiger partial charge is 0.324 e. The molecule has 0 aromatic heterocycles. The zero-order chi connectivity index (χ0) is 10.1. The van der Waals surface area contributed by atoms with Crippen LogP contribution in [0.15, 0.2) is 22.7 Å². The third kappa shape index (κ3) is 2.13. The molecule has 1 fully saturated rings. The van der Waals surface area contributed by atoms with Crippen molar-refractivity contribution in [2.24, 2.45) is 11.7 Å². The normalized spacial score (nSPS) is 19.1. The summed E-state index contributed by atoms with van der Waals surface area (Å²) in [5.41, 5.74) is 7.31. The monoisotopic (exact) mass is 273 g/mol. The van der Waals surface area contributed by atoms with E-state index in [2.05, 4.69) is 22.0 Å². The van der Waals surface area contributed by atoms with Gasteiger partial charge in [0.05, 0.1) is 0 Å². The fraction of sp³-hybridized carbons (Fsp3) is 0.455. The van der Waals surface area contributed by atoms with Crippen molar-refractivity contribution in [2.45, 2.75) is 25.3 Å². The summed E-state index contributed by atoms with van der Waals surface area (Å²) >= 11 is 9.40. The summed E-state index contributed by atoms with van der Waals surface area (Å²) in [7, 11) is 0. The molecule has 1 atom stereocenters. The molecule has 0 spiro atoms. The van der Waals surface area contributed by atoms with Gasteiger partial charge in [0, 0.05) is 15.5 Å². The van der Waals surface area contributed by atoms with Gasteiger partial charge < -0.3 is 5.73 Å².